The van der Waals surface area contributed by atoms with Crippen LogP contribution in [0.3, 0.4) is 0 Å². The van der Waals surface area contributed by atoms with E-state index < -0.39 is 0 Å². The van der Waals surface area contributed by atoms with Crippen molar-refractivity contribution in [2.24, 2.45) is 0 Å². The predicted octanol–water partition coefficient (Wildman–Crippen LogP) is 4.07. The summed E-state index contributed by atoms with van der Waals surface area (Å²) in [7, 11) is 0. The third kappa shape index (κ3) is 3.43. The van der Waals surface area contributed by atoms with E-state index in [9.17, 15) is 4.79 Å². The Bertz CT molecular complexity index is 612. The normalized spacial score (nSPS) is 10.6. The summed E-state index contributed by atoms with van der Waals surface area (Å²) in [5.41, 5.74) is 2.73. The molecule has 4 nitrogen and oxygen atoms in total. The van der Waals surface area contributed by atoms with Crippen molar-refractivity contribution >= 4 is 39.1 Å². The second-order valence-electron chi connectivity index (χ2n) is 4.41. The number of carbonyl (C=O) groups is 1. The van der Waals surface area contributed by atoms with Crippen molar-refractivity contribution in [1.82, 2.24) is 9.59 Å². The smallest absolute Gasteiger partial charge is 0.269 e. The minimum absolute atomic E-state index is 0.125. The molecule has 0 aliphatic rings. The minimum Gasteiger partial charge on any atom is -0.321 e. The average molecular weight is 354 g/mol. The van der Waals surface area contributed by atoms with Crippen LogP contribution in [0.4, 0.5) is 5.69 Å². The zero-order valence-electron chi connectivity index (χ0n) is 11.4. The van der Waals surface area contributed by atoms with Crippen LogP contribution in [-0.2, 0) is 12.8 Å². The van der Waals surface area contributed by atoms with Crippen LogP contribution in [0.25, 0.3) is 0 Å². The lowest BCUT2D eigenvalue weighted by Crippen LogP contribution is -2.13. The van der Waals surface area contributed by atoms with Crippen molar-refractivity contribution in [3.05, 3.63) is 38.8 Å². The van der Waals surface area contributed by atoms with Crippen LogP contribution in [0, 0.1) is 0 Å². The van der Waals surface area contributed by atoms with E-state index in [-0.39, 0.29) is 5.91 Å². The molecule has 0 saturated carbocycles. The number of halogens is 1. The first-order valence-electron chi connectivity index (χ1n) is 6.56. The molecule has 0 unspecified atom stereocenters. The standard InChI is InChI=1S/C14H16BrN3OS/c1-3-5-12-13(20-18-17-12)14(19)16-11-7-6-10(15)8-9(11)4-2/h6-8H,3-5H2,1-2H3,(H,16,19). The number of carbonyl (C=O) groups excluding carboxylic acids is 1. The minimum atomic E-state index is -0.125. The van der Waals surface area contributed by atoms with E-state index in [2.05, 4.69) is 44.7 Å². The second kappa shape index (κ2) is 6.95. The van der Waals surface area contributed by atoms with Gasteiger partial charge in [-0.05, 0) is 48.1 Å². The van der Waals surface area contributed by atoms with Gasteiger partial charge in [0.05, 0.1) is 5.69 Å². The summed E-state index contributed by atoms with van der Waals surface area (Å²) in [6, 6.07) is 5.86. The Kier molecular flexibility index (Phi) is 5.25. The lowest BCUT2D eigenvalue weighted by atomic mass is 10.1. The van der Waals surface area contributed by atoms with Crippen molar-refractivity contribution in [1.29, 1.82) is 0 Å². The Balaban J connectivity index is 2.21. The molecular formula is C14H16BrN3OS. The topological polar surface area (TPSA) is 54.9 Å². The van der Waals surface area contributed by atoms with Gasteiger partial charge in [0.25, 0.3) is 5.91 Å². The quantitative estimate of drug-likeness (QED) is 0.881. The number of nitrogens with zero attached hydrogens (tertiary/aromatic N) is 2. The van der Waals surface area contributed by atoms with Gasteiger partial charge in [-0.1, -0.05) is 40.7 Å². The molecular weight excluding hydrogens is 338 g/mol. The molecule has 20 heavy (non-hydrogen) atoms. The van der Waals surface area contributed by atoms with Gasteiger partial charge in [-0.25, -0.2) is 0 Å². The highest BCUT2D eigenvalue weighted by Crippen LogP contribution is 2.23. The van der Waals surface area contributed by atoms with Crippen LogP contribution >= 0.6 is 27.5 Å². The van der Waals surface area contributed by atoms with Gasteiger partial charge >= 0.3 is 0 Å². The maximum atomic E-state index is 12.3. The Morgan fingerprint density at radius 1 is 1.40 bits per heavy atom. The largest absolute Gasteiger partial charge is 0.321 e. The number of hydrogen-bond donors (Lipinski definition) is 1. The summed E-state index contributed by atoms with van der Waals surface area (Å²) >= 11 is 4.59. The van der Waals surface area contributed by atoms with Crippen LogP contribution in [0.2, 0.25) is 0 Å². The molecule has 0 radical (unpaired) electrons. The predicted molar refractivity (Wildman–Crippen MR) is 85.4 cm³/mol. The van der Waals surface area contributed by atoms with Gasteiger partial charge in [0.1, 0.15) is 4.88 Å². The molecule has 1 amide bonds. The number of amides is 1. The van der Waals surface area contributed by atoms with E-state index in [1.54, 1.807) is 0 Å². The fraction of sp³-hybridized carbons (Fsp3) is 0.357. The monoisotopic (exact) mass is 353 g/mol. The van der Waals surface area contributed by atoms with E-state index in [1.165, 1.54) is 0 Å². The van der Waals surface area contributed by atoms with Gasteiger partial charge in [0.2, 0.25) is 0 Å². The number of rotatable bonds is 5. The van der Waals surface area contributed by atoms with Crippen LogP contribution in [0.15, 0.2) is 22.7 Å². The highest BCUT2D eigenvalue weighted by molar-refractivity contribution is 9.10. The fourth-order valence-corrected chi connectivity index (χ4v) is 2.95. The van der Waals surface area contributed by atoms with Gasteiger partial charge in [0.15, 0.2) is 0 Å². The summed E-state index contributed by atoms with van der Waals surface area (Å²) in [6.45, 7) is 4.12. The van der Waals surface area contributed by atoms with Crippen molar-refractivity contribution in [3.8, 4) is 0 Å². The Labute approximate surface area is 130 Å². The molecule has 1 heterocycles. The van der Waals surface area contributed by atoms with Crippen LogP contribution in [-0.4, -0.2) is 15.5 Å². The molecule has 0 bridgehead atoms. The molecule has 1 aromatic carbocycles. The molecule has 6 heteroatoms. The van der Waals surface area contributed by atoms with Crippen molar-refractivity contribution in [3.63, 3.8) is 0 Å². The summed E-state index contributed by atoms with van der Waals surface area (Å²) in [6.07, 6.45) is 2.59. The van der Waals surface area contributed by atoms with Crippen LogP contribution in [0.5, 0.6) is 0 Å². The zero-order chi connectivity index (χ0) is 14.5. The second-order valence-corrected chi connectivity index (χ2v) is 6.08. The van der Waals surface area contributed by atoms with E-state index >= 15 is 0 Å². The first kappa shape index (κ1) is 15.1. The Morgan fingerprint density at radius 3 is 2.90 bits per heavy atom. The van der Waals surface area contributed by atoms with E-state index in [4.69, 9.17) is 0 Å². The number of nitrogens with one attached hydrogen (secondary N) is 1. The van der Waals surface area contributed by atoms with Gasteiger partial charge in [-0.2, -0.15) is 0 Å². The molecule has 0 spiro atoms. The molecule has 0 fully saturated rings. The van der Waals surface area contributed by atoms with Gasteiger partial charge in [-0.3, -0.25) is 4.79 Å². The third-order valence-corrected chi connectivity index (χ3v) is 4.21. The Morgan fingerprint density at radius 2 is 2.20 bits per heavy atom. The van der Waals surface area contributed by atoms with Gasteiger partial charge in [0, 0.05) is 10.2 Å². The molecule has 2 rings (SSSR count). The first-order chi connectivity index (χ1) is 9.65. The van der Waals surface area contributed by atoms with Crippen LogP contribution in [0.1, 0.15) is 41.2 Å². The van der Waals surface area contributed by atoms with E-state index in [0.29, 0.717) is 4.88 Å². The molecule has 1 N–H and O–H groups in total. The number of aromatic nitrogens is 2. The van der Waals surface area contributed by atoms with E-state index in [0.717, 1.165) is 52.2 Å². The summed E-state index contributed by atoms with van der Waals surface area (Å²) in [4.78, 5) is 12.9. The number of anilines is 1. The van der Waals surface area contributed by atoms with Crippen molar-refractivity contribution < 1.29 is 4.79 Å². The number of hydrogen-bond acceptors (Lipinski definition) is 4. The van der Waals surface area contributed by atoms with Crippen molar-refractivity contribution in [2.75, 3.05) is 5.32 Å². The summed E-state index contributed by atoms with van der Waals surface area (Å²) in [5, 5.41) is 6.99. The first-order valence-corrected chi connectivity index (χ1v) is 8.13. The SMILES string of the molecule is CCCc1nnsc1C(=O)Nc1ccc(Br)cc1CC. The number of aryl methyl sites for hydroxylation is 2. The summed E-state index contributed by atoms with van der Waals surface area (Å²) < 4.78 is 4.90. The van der Waals surface area contributed by atoms with Gasteiger partial charge in [-0.15, -0.1) is 5.10 Å². The highest BCUT2D eigenvalue weighted by Gasteiger charge is 2.16. The molecule has 1 aromatic heterocycles. The highest BCUT2D eigenvalue weighted by atomic mass is 79.9. The number of benzene rings is 1. The third-order valence-electron chi connectivity index (χ3n) is 2.95. The lowest BCUT2D eigenvalue weighted by molar-refractivity contribution is 0.102. The average Bonchev–Trinajstić information content (AvgIpc) is 2.89. The molecule has 0 atom stereocenters. The summed E-state index contributed by atoms with van der Waals surface area (Å²) in [5.74, 6) is -0.125. The molecule has 2 aromatic rings. The zero-order valence-corrected chi connectivity index (χ0v) is 13.8. The Hall–Kier alpha value is -1.27. The molecule has 0 aliphatic carbocycles. The molecule has 0 saturated heterocycles. The fourth-order valence-electron chi connectivity index (χ4n) is 1.94. The molecule has 106 valence electrons. The van der Waals surface area contributed by atoms with Crippen molar-refractivity contribution in [2.45, 2.75) is 33.1 Å². The lowest BCUT2D eigenvalue weighted by Gasteiger charge is -2.10. The van der Waals surface area contributed by atoms with Gasteiger partial charge < -0.3 is 5.32 Å². The maximum absolute atomic E-state index is 12.3. The van der Waals surface area contributed by atoms with E-state index in [1.807, 2.05) is 18.2 Å². The van der Waals surface area contributed by atoms with Crippen LogP contribution < -0.4 is 5.32 Å². The maximum Gasteiger partial charge on any atom is 0.269 e. The molecule has 0 aliphatic heterocycles.